The fourth-order valence-electron chi connectivity index (χ4n) is 1.70. The number of carbonyl (C=O) groups is 2. The molecule has 0 radical (unpaired) electrons. The molecule has 7 heteroatoms. The van der Waals surface area contributed by atoms with Crippen molar-refractivity contribution in [1.82, 2.24) is 5.43 Å². The molecule has 0 aromatic heterocycles. The molecular formula is C12H18N2O5. The van der Waals surface area contributed by atoms with Crippen LogP contribution in [0.1, 0.15) is 13.8 Å². The molecule has 0 aliphatic carbocycles. The summed E-state index contributed by atoms with van der Waals surface area (Å²) in [6.07, 6.45) is 0. The zero-order chi connectivity index (χ0) is 14.4. The summed E-state index contributed by atoms with van der Waals surface area (Å²) >= 11 is 0. The Hall–Kier alpha value is -1.89. The Morgan fingerprint density at radius 3 is 2.53 bits per heavy atom. The van der Waals surface area contributed by atoms with Crippen LogP contribution in [0.4, 0.5) is 0 Å². The summed E-state index contributed by atoms with van der Waals surface area (Å²) in [5.74, 6) is -1.96. The molecule has 1 N–H and O–H groups in total. The maximum atomic E-state index is 12.0. The highest BCUT2D eigenvalue weighted by Crippen LogP contribution is 2.23. The molecule has 0 aromatic rings. The van der Waals surface area contributed by atoms with Crippen LogP contribution in [0.2, 0.25) is 0 Å². The van der Waals surface area contributed by atoms with E-state index < -0.39 is 17.9 Å². The Kier molecular flexibility index (Phi) is 5.50. The lowest BCUT2D eigenvalue weighted by Crippen LogP contribution is -2.36. The Labute approximate surface area is 111 Å². The van der Waals surface area contributed by atoms with Crippen LogP contribution in [-0.2, 0) is 23.8 Å². The van der Waals surface area contributed by atoms with Gasteiger partial charge in [0.05, 0.1) is 25.0 Å². The first-order valence-electron chi connectivity index (χ1n) is 5.77. The molecule has 1 atom stereocenters. The number of methoxy groups -OCH3 is 2. The first-order chi connectivity index (χ1) is 9.02. The molecule has 7 nitrogen and oxygen atoms in total. The number of allylic oxidation sites excluding steroid dienone is 1. The molecule has 1 aliphatic heterocycles. The lowest BCUT2D eigenvalue weighted by molar-refractivity contribution is -0.148. The van der Waals surface area contributed by atoms with Gasteiger partial charge >= 0.3 is 11.9 Å². The maximum Gasteiger partial charge on any atom is 0.336 e. The molecule has 106 valence electrons. The first-order valence-corrected chi connectivity index (χ1v) is 5.77. The van der Waals surface area contributed by atoms with Crippen LogP contribution >= 0.6 is 0 Å². The van der Waals surface area contributed by atoms with E-state index in [4.69, 9.17) is 14.2 Å². The minimum absolute atomic E-state index is 0.125. The van der Waals surface area contributed by atoms with Gasteiger partial charge in [-0.25, -0.2) is 4.79 Å². The highest BCUT2D eigenvalue weighted by molar-refractivity contribution is 6.11. The van der Waals surface area contributed by atoms with E-state index in [0.717, 1.165) is 0 Å². The van der Waals surface area contributed by atoms with Crippen molar-refractivity contribution in [2.24, 2.45) is 11.0 Å². The Morgan fingerprint density at radius 1 is 1.26 bits per heavy atom. The molecule has 0 spiro atoms. The van der Waals surface area contributed by atoms with Gasteiger partial charge < -0.3 is 14.2 Å². The lowest BCUT2D eigenvalue weighted by atomic mass is 9.92. The number of ether oxygens (including phenoxy) is 3. The molecule has 0 fully saturated rings. The first kappa shape index (κ1) is 15.2. The largest absolute Gasteiger partial charge is 0.466 e. The van der Waals surface area contributed by atoms with Gasteiger partial charge in [0.15, 0.2) is 0 Å². The highest BCUT2D eigenvalue weighted by atomic mass is 16.6. The number of nitrogens with zero attached hydrogens (tertiary/aromatic N) is 1. The third kappa shape index (κ3) is 3.54. The fraction of sp³-hybridized carbons (Fsp3) is 0.583. The van der Waals surface area contributed by atoms with Gasteiger partial charge in [-0.15, -0.1) is 0 Å². The summed E-state index contributed by atoms with van der Waals surface area (Å²) in [6.45, 7) is 3.71. The van der Waals surface area contributed by atoms with E-state index in [9.17, 15) is 9.59 Å². The summed E-state index contributed by atoms with van der Waals surface area (Å²) in [4.78, 5) is 23.8. The lowest BCUT2D eigenvalue weighted by Gasteiger charge is -2.23. The normalized spacial score (nSPS) is 18.5. The van der Waals surface area contributed by atoms with Gasteiger partial charge in [0.2, 0.25) is 0 Å². The van der Waals surface area contributed by atoms with Crippen LogP contribution in [0, 0.1) is 5.92 Å². The standard InChI is InChI=1S/C12H18N2O5/c1-7-9(11(15)18-4)10(8(2)14-13-7)12(16)19-6-5-17-3/h10,13H,5-6H2,1-4H3. The molecule has 0 bridgehead atoms. The van der Waals surface area contributed by atoms with E-state index in [-0.39, 0.29) is 12.2 Å². The molecule has 1 unspecified atom stereocenters. The molecule has 0 saturated heterocycles. The second-order valence-corrected chi connectivity index (χ2v) is 3.99. The number of carbonyl (C=O) groups excluding carboxylic acids is 2. The maximum absolute atomic E-state index is 12.0. The Bertz CT molecular complexity index is 428. The van der Waals surface area contributed by atoms with E-state index in [1.807, 2.05) is 0 Å². The van der Waals surface area contributed by atoms with E-state index in [1.165, 1.54) is 14.2 Å². The van der Waals surface area contributed by atoms with Gasteiger partial charge in [-0.05, 0) is 13.8 Å². The molecule has 1 rings (SSSR count). The van der Waals surface area contributed by atoms with E-state index >= 15 is 0 Å². The number of hydrazone groups is 1. The summed E-state index contributed by atoms with van der Waals surface area (Å²) in [5, 5.41) is 3.98. The number of esters is 2. The second kappa shape index (κ2) is 6.89. The van der Waals surface area contributed by atoms with E-state index in [1.54, 1.807) is 13.8 Å². The quantitative estimate of drug-likeness (QED) is 0.568. The van der Waals surface area contributed by atoms with Crippen molar-refractivity contribution in [1.29, 1.82) is 0 Å². The third-order valence-electron chi connectivity index (χ3n) is 2.68. The molecule has 0 aromatic carbocycles. The van der Waals surface area contributed by atoms with Gasteiger partial charge in [0, 0.05) is 12.8 Å². The fourth-order valence-corrected chi connectivity index (χ4v) is 1.70. The minimum Gasteiger partial charge on any atom is -0.466 e. The smallest absolute Gasteiger partial charge is 0.336 e. The molecule has 0 saturated carbocycles. The highest BCUT2D eigenvalue weighted by Gasteiger charge is 2.36. The van der Waals surface area contributed by atoms with Crippen LogP contribution in [0.15, 0.2) is 16.4 Å². The topological polar surface area (TPSA) is 86.2 Å². The monoisotopic (exact) mass is 270 g/mol. The molecule has 1 aliphatic rings. The van der Waals surface area contributed by atoms with Gasteiger partial charge in [-0.2, -0.15) is 5.10 Å². The Morgan fingerprint density at radius 2 is 1.95 bits per heavy atom. The van der Waals surface area contributed by atoms with Gasteiger partial charge in [0.1, 0.15) is 12.5 Å². The minimum atomic E-state index is -0.842. The van der Waals surface area contributed by atoms with Crippen molar-refractivity contribution >= 4 is 17.7 Å². The van der Waals surface area contributed by atoms with E-state index in [2.05, 4.69) is 10.5 Å². The molecule has 0 amide bonds. The Balaban J connectivity index is 2.92. The number of hydrogen-bond donors (Lipinski definition) is 1. The summed E-state index contributed by atoms with van der Waals surface area (Å²) in [5.41, 5.74) is 3.83. The van der Waals surface area contributed by atoms with Crippen LogP contribution in [0.25, 0.3) is 0 Å². The number of hydrogen-bond acceptors (Lipinski definition) is 7. The summed E-state index contributed by atoms with van der Waals surface area (Å²) < 4.78 is 14.5. The predicted octanol–water partition coefficient (Wildman–Crippen LogP) is 0.218. The third-order valence-corrected chi connectivity index (χ3v) is 2.68. The van der Waals surface area contributed by atoms with E-state index in [0.29, 0.717) is 18.0 Å². The SMILES string of the molecule is COCCOC(=O)C1C(C)=NNC(C)=C1C(=O)OC. The van der Waals surface area contributed by atoms with Gasteiger partial charge in [0.25, 0.3) is 0 Å². The van der Waals surface area contributed by atoms with Gasteiger partial charge in [-0.1, -0.05) is 0 Å². The molecule has 19 heavy (non-hydrogen) atoms. The summed E-state index contributed by atoms with van der Waals surface area (Å²) in [6, 6.07) is 0. The molecular weight excluding hydrogens is 252 g/mol. The average molecular weight is 270 g/mol. The molecule has 1 heterocycles. The average Bonchev–Trinajstić information content (AvgIpc) is 2.40. The zero-order valence-electron chi connectivity index (χ0n) is 11.5. The van der Waals surface area contributed by atoms with Crippen molar-refractivity contribution in [3.05, 3.63) is 11.3 Å². The predicted molar refractivity (Wildman–Crippen MR) is 67.3 cm³/mol. The summed E-state index contributed by atoms with van der Waals surface area (Å²) in [7, 11) is 2.77. The van der Waals surface area contributed by atoms with Crippen molar-refractivity contribution in [3.63, 3.8) is 0 Å². The van der Waals surface area contributed by atoms with Crippen molar-refractivity contribution in [2.75, 3.05) is 27.4 Å². The van der Waals surface area contributed by atoms with Crippen molar-refractivity contribution in [2.45, 2.75) is 13.8 Å². The number of rotatable bonds is 5. The number of nitrogens with one attached hydrogen (secondary N) is 1. The van der Waals surface area contributed by atoms with Crippen LogP contribution in [0.3, 0.4) is 0 Å². The van der Waals surface area contributed by atoms with Crippen LogP contribution in [0.5, 0.6) is 0 Å². The second-order valence-electron chi connectivity index (χ2n) is 3.99. The zero-order valence-corrected chi connectivity index (χ0v) is 11.5. The van der Waals surface area contributed by atoms with Crippen molar-refractivity contribution < 1.29 is 23.8 Å². The van der Waals surface area contributed by atoms with Crippen molar-refractivity contribution in [3.8, 4) is 0 Å². The van der Waals surface area contributed by atoms with Gasteiger partial charge in [-0.3, -0.25) is 10.2 Å². The van der Waals surface area contributed by atoms with Crippen LogP contribution in [-0.4, -0.2) is 45.1 Å². The van der Waals surface area contributed by atoms with Crippen LogP contribution < -0.4 is 5.43 Å².